The van der Waals surface area contributed by atoms with Crippen molar-refractivity contribution in [3.63, 3.8) is 0 Å². The maximum atomic E-state index is 11.8. The van der Waals surface area contributed by atoms with E-state index in [-0.39, 0.29) is 11.5 Å². The first kappa shape index (κ1) is 22.1. The van der Waals surface area contributed by atoms with E-state index in [0.717, 1.165) is 25.9 Å². The van der Waals surface area contributed by atoms with E-state index in [2.05, 4.69) is 44.5 Å². The van der Waals surface area contributed by atoms with Gasteiger partial charge in [-0.05, 0) is 63.1 Å². The van der Waals surface area contributed by atoms with E-state index in [0.29, 0.717) is 18.1 Å². The molecule has 0 bridgehead atoms. The van der Waals surface area contributed by atoms with Crippen LogP contribution in [0.2, 0.25) is 0 Å². The number of carbonyl (C=O) groups is 1. The lowest BCUT2D eigenvalue weighted by Crippen LogP contribution is -2.42. The number of hydrogen-bond donors (Lipinski definition) is 1. The first-order chi connectivity index (χ1) is 14.7. The fourth-order valence-corrected chi connectivity index (χ4v) is 4.09. The van der Waals surface area contributed by atoms with Crippen molar-refractivity contribution in [1.82, 2.24) is 9.97 Å². The van der Waals surface area contributed by atoms with Crippen molar-refractivity contribution >= 4 is 17.6 Å². The van der Waals surface area contributed by atoms with Crippen molar-refractivity contribution in [2.24, 2.45) is 0 Å². The largest absolute Gasteiger partial charge is 0.462 e. The summed E-state index contributed by atoms with van der Waals surface area (Å²) in [5, 5.41) is 3.52. The summed E-state index contributed by atoms with van der Waals surface area (Å²) in [7, 11) is 0. The second-order valence-electron chi connectivity index (χ2n) is 7.67. The number of aromatic nitrogens is 2. The summed E-state index contributed by atoms with van der Waals surface area (Å²) in [5.74, 6) is 0.161. The monoisotopic (exact) mass is 410 g/mol. The van der Waals surface area contributed by atoms with Gasteiger partial charge >= 0.3 is 5.97 Å². The van der Waals surface area contributed by atoms with Crippen LogP contribution < -0.4 is 10.2 Å². The van der Waals surface area contributed by atoms with E-state index < -0.39 is 0 Å². The zero-order valence-electron chi connectivity index (χ0n) is 18.5. The Balaban J connectivity index is 0.00000124. The highest BCUT2D eigenvalue weighted by Crippen LogP contribution is 2.44. The average molecular weight is 411 g/mol. The Morgan fingerprint density at radius 1 is 1.03 bits per heavy atom. The van der Waals surface area contributed by atoms with Gasteiger partial charge in [-0.15, -0.1) is 0 Å². The van der Waals surface area contributed by atoms with Crippen LogP contribution in [0.25, 0.3) is 0 Å². The van der Waals surface area contributed by atoms with Crippen molar-refractivity contribution in [2.75, 3.05) is 29.9 Å². The zero-order chi connectivity index (χ0) is 21.4. The fourth-order valence-electron chi connectivity index (χ4n) is 4.09. The number of anilines is 2. The molecular formula is C24H34N4O2. The summed E-state index contributed by atoms with van der Waals surface area (Å²) >= 11 is 0. The number of nitrogens with one attached hydrogen (secondary N) is 1. The summed E-state index contributed by atoms with van der Waals surface area (Å²) in [6.07, 6.45) is 10.3. The Labute approximate surface area is 180 Å². The third-order valence-electron chi connectivity index (χ3n) is 5.86. The molecule has 0 atom stereocenters. The van der Waals surface area contributed by atoms with Crippen molar-refractivity contribution in [3.8, 4) is 0 Å². The molecule has 162 valence electrons. The van der Waals surface area contributed by atoms with E-state index >= 15 is 0 Å². The molecule has 30 heavy (non-hydrogen) atoms. The lowest BCUT2D eigenvalue weighted by Gasteiger charge is -2.43. The van der Waals surface area contributed by atoms with Crippen LogP contribution in [-0.4, -0.2) is 35.6 Å². The van der Waals surface area contributed by atoms with Gasteiger partial charge < -0.3 is 15.0 Å². The molecule has 4 rings (SSSR count). The Kier molecular flexibility index (Phi) is 7.66. The molecule has 1 aromatic heterocycles. The second kappa shape index (κ2) is 10.4. The second-order valence-corrected chi connectivity index (χ2v) is 7.67. The quantitative estimate of drug-likeness (QED) is 0.664. The van der Waals surface area contributed by atoms with Gasteiger partial charge in [0, 0.05) is 31.2 Å². The van der Waals surface area contributed by atoms with Crippen molar-refractivity contribution in [1.29, 1.82) is 0 Å². The molecule has 0 spiro atoms. The summed E-state index contributed by atoms with van der Waals surface area (Å²) in [5.41, 5.74) is 2.85. The van der Waals surface area contributed by atoms with Gasteiger partial charge in [0.2, 0.25) is 5.95 Å². The molecule has 0 unspecified atom stereocenters. The molecule has 1 aliphatic heterocycles. The van der Waals surface area contributed by atoms with E-state index in [1.807, 2.05) is 13.8 Å². The van der Waals surface area contributed by atoms with Crippen LogP contribution in [0.15, 0.2) is 36.7 Å². The molecule has 2 aliphatic rings. The van der Waals surface area contributed by atoms with Gasteiger partial charge in [0.05, 0.1) is 17.7 Å². The minimum Gasteiger partial charge on any atom is -0.462 e. The first-order valence-corrected chi connectivity index (χ1v) is 11.3. The predicted octanol–water partition coefficient (Wildman–Crippen LogP) is 5.16. The van der Waals surface area contributed by atoms with Gasteiger partial charge in [-0.3, -0.25) is 0 Å². The number of carbonyl (C=O) groups excluding carboxylic acids is 1. The number of ether oxygens (including phenoxy) is 1. The minimum atomic E-state index is -0.388. The lowest BCUT2D eigenvalue weighted by atomic mass is 9.72. The number of benzene rings is 1. The molecule has 2 aromatic rings. The summed E-state index contributed by atoms with van der Waals surface area (Å²) < 4.78 is 4.99. The van der Waals surface area contributed by atoms with Crippen molar-refractivity contribution in [3.05, 3.63) is 47.8 Å². The number of rotatable bonds is 6. The summed E-state index contributed by atoms with van der Waals surface area (Å²) in [6, 6.07) is 8.96. The summed E-state index contributed by atoms with van der Waals surface area (Å²) in [6.45, 7) is 8.44. The highest BCUT2D eigenvalue weighted by Gasteiger charge is 2.39. The number of hydrogen-bond acceptors (Lipinski definition) is 6. The molecule has 6 nitrogen and oxygen atoms in total. The lowest BCUT2D eigenvalue weighted by molar-refractivity contribution is 0.0525. The van der Waals surface area contributed by atoms with Crippen LogP contribution in [0.5, 0.6) is 0 Å². The maximum Gasteiger partial charge on any atom is 0.341 e. The normalized spacial score (nSPS) is 17.2. The van der Waals surface area contributed by atoms with E-state index in [1.165, 1.54) is 49.3 Å². The average Bonchev–Trinajstić information content (AvgIpc) is 2.79. The Hall–Kier alpha value is -2.63. The number of esters is 1. The van der Waals surface area contributed by atoms with Gasteiger partial charge in [0.15, 0.2) is 0 Å². The van der Waals surface area contributed by atoms with Gasteiger partial charge in [-0.1, -0.05) is 26.0 Å². The van der Waals surface area contributed by atoms with Crippen LogP contribution in [0.1, 0.15) is 75.2 Å². The molecule has 0 radical (unpaired) electrons. The molecule has 1 N–H and O–H groups in total. The predicted molar refractivity (Wildman–Crippen MR) is 121 cm³/mol. The molecule has 1 saturated heterocycles. The third-order valence-corrected chi connectivity index (χ3v) is 5.86. The fraction of sp³-hybridized carbons (Fsp3) is 0.542. The summed E-state index contributed by atoms with van der Waals surface area (Å²) in [4.78, 5) is 22.9. The van der Waals surface area contributed by atoms with Gasteiger partial charge in [0.25, 0.3) is 0 Å². The first-order valence-electron chi connectivity index (χ1n) is 11.3. The van der Waals surface area contributed by atoms with Gasteiger partial charge in [-0.25, -0.2) is 14.8 Å². The molecule has 2 heterocycles. The Morgan fingerprint density at radius 3 is 2.20 bits per heavy atom. The van der Waals surface area contributed by atoms with Crippen LogP contribution in [0.4, 0.5) is 11.6 Å². The van der Waals surface area contributed by atoms with Crippen molar-refractivity contribution in [2.45, 2.75) is 64.8 Å². The van der Waals surface area contributed by atoms with E-state index in [1.54, 1.807) is 6.92 Å². The Morgan fingerprint density at radius 2 is 1.67 bits per heavy atom. The van der Waals surface area contributed by atoms with Gasteiger partial charge in [-0.2, -0.15) is 0 Å². The minimum absolute atomic E-state index is 0.119. The van der Waals surface area contributed by atoms with Crippen molar-refractivity contribution < 1.29 is 9.53 Å². The van der Waals surface area contributed by atoms with Crippen LogP contribution in [0, 0.1) is 0 Å². The Bertz CT molecular complexity index is 795. The van der Waals surface area contributed by atoms with E-state index in [4.69, 9.17) is 4.74 Å². The highest BCUT2D eigenvalue weighted by molar-refractivity contribution is 5.88. The van der Waals surface area contributed by atoms with Crippen LogP contribution >= 0.6 is 0 Å². The van der Waals surface area contributed by atoms with Crippen LogP contribution in [0.3, 0.4) is 0 Å². The molecule has 1 aromatic carbocycles. The van der Waals surface area contributed by atoms with Crippen LogP contribution in [-0.2, 0) is 10.3 Å². The molecule has 1 aliphatic carbocycles. The van der Waals surface area contributed by atoms with Gasteiger partial charge in [0.1, 0.15) is 0 Å². The zero-order valence-corrected chi connectivity index (χ0v) is 18.5. The van der Waals surface area contributed by atoms with E-state index in [9.17, 15) is 4.79 Å². The molecular weight excluding hydrogens is 376 g/mol. The smallest absolute Gasteiger partial charge is 0.341 e. The topological polar surface area (TPSA) is 67.3 Å². The number of nitrogens with zero attached hydrogens (tertiary/aromatic N) is 3. The number of piperidine rings is 1. The standard InChI is InChI=1S/C22H28N4O2.C2H6/c1-2-28-20(27)17-15-23-21(24-16-17)25-22(11-6-12-22)18-7-9-19(10-8-18)26-13-4-3-5-14-26;1-2/h7-10,15-16H,2-6,11-14H2,1H3,(H,23,24,25);1-2H3. The molecule has 2 fully saturated rings. The SMILES string of the molecule is CC.CCOC(=O)c1cnc(NC2(c3ccc(N4CCCCC4)cc3)CCC2)nc1. The molecule has 6 heteroatoms. The third kappa shape index (κ3) is 4.91. The maximum absolute atomic E-state index is 11.8. The highest BCUT2D eigenvalue weighted by atomic mass is 16.5. The molecule has 1 saturated carbocycles. The molecule has 0 amide bonds.